The fourth-order valence-electron chi connectivity index (χ4n) is 1.18. The van der Waals surface area contributed by atoms with E-state index in [4.69, 9.17) is 16.7 Å². The van der Waals surface area contributed by atoms with Crippen LogP contribution >= 0.6 is 11.6 Å². The highest BCUT2D eigenvalue weighted by Gasteiger charge is 2.13. The van der Waals surface area contributed by atoms with Crippen LogP contribution in [-0.4, -0.2) is 17.0 Å². The van der Waals surface area contributed by atoms with Gasteiger partial charge >= 0.3 is 5.97 Å². The van der Waals surface area contributed by atoms with Crippen molar-refractivity contribution in [3.63, 3.8) is 0 Å². The number of allylic oxidation sites excluding steroid dienone is 1. The third-order valence-electron chi connectivity index (χ3n) is 1.83. The molecule has 0 aliphatic carbocycles. The van der Waals surface area contributed by atoms with Crippen LogP contribution in [0.1, 0.15) is 22.3 Å². The summed E-state index contributed by atoms with van der Waals surface area (Å²) in [6, 6.07) is 4.15. The molecule has 0 amide bonds. The number of benzene rings is 1. The minimum Gasteiger partial charge on any atom is -0.478 e. The molecule has 1 aromatic carbocycles. The van der Waals surface area contributed by atoms with E-state index in [2.05, 4.69) is 0 Å². The maximum Gasteiger partial charge on any atom is 0.339 e. The van der Waals surface area contributed by atoms with Crippen molar-refractivity contribution in [2.75, 3.05) is 5.88 Å². The van der Waals surface area contributed by atoms with Gasteiger partial charge in [0.05, 0.1) is 0 Å². The summed E-state index contributed by atoms with van der Waals surface area (Å²) in [5, 5.41) is 8.80. The Morgan fingerprint density at radius 1 is 1.53 bits per heavy atom. The minimum absolute atomic E-state index is 0.302. The van der Waals surface area contributed by atoms with E-state index in [-0.39, 0.29) is 5.56 Å². The Bertz CT molecular complexity index is 388. The molecule has 0 atom stereocenters. The molecule has 1 rings (SSSR count). The largest absolute Gasteiger partial charge is 0.478 e. The van der Waals surface area contributed by atoms with E-state index < -0.39 is 11.8 Å². The maximum atomic E-state index is 13.2. The van der Waals surface area contributed by atoms with Crippen LogP contribution in [0.15, 0.2) is 24.3 Å². The van der Waals surface area contributed by atoms with Gasteiger partial charge in [0, 0.05) is 5.88 Å². The summed E-state index contributed by atoms with van der Waals surface area (Å²) in [4.78, 5) is 10.8. The van der Waals surface area contributed by atoms with Crippen molar-refractivity contribution in [1.82, 2.24) is 0 Å². The number of aromatic carboxylic acids is 1. The van der Waals surface area contributed by atoms with Crippen molar-refractivity contribution < 1.29 is 14.3 Å². The van der Waals surface area contributed by atoms with E-state index >= 15 is 0 Å². The van der Waals surface area contributed by atoms with Crippen LogP contribution in [0.2, 0.25) is 0 Å². The quantitative estimate of drug-likeness (QED) is 0.804. The average molecular weight is 229 g/mol. The fourth-order valence-corrected chi connectivity index (χ4v) is 1.30. The highest BCUT2D eigenvalue weighted by molar-refractivity contribution is 6.17. The van der Waals surface area contributed by atoms with E-state index in [1.165, 1.54) is 6.07 Å². The highest BCUT2D eigenvalue weighted by atomic mass is 35.5. The van der Waals surface area contributed by atoms with Crippen molar-refractivity contribution in [3.8, 4) is 0 Å². The smallest absolute Gasteiger partial charge is 0.339 e. The molecule has 0 aromatic heterocycles. The molecule has 80 valence electrons. The van der Waals surface area contributed by atoms with Gasteiger partial charge in [0.15, 0.2) is 0 Å². The third kappa shape index (κ3) is 3.06. The molecule has 0 fully saturated rings. The van der Waals surface area contributed by atoms with E-state index in [0.717, 1.165) is 6.07 Å². The first-order valence-corrected chi connectivity index (χ1v) is 4.94. The molecule has 4 heteroatoms. The van der Waals surface area contributed by atoms with Gasteiger partial charge in [-0.05, 0) is 18.1 Å². The van der Waals surface area contributed by atoms with Crippen molar-refractivity contribution >= 4 is 23.6 Å². The predicted molar refractivity (Wildman–Crippen MR) is 57.7 cm³/mol. The molecular weight excluding hydrogens is 219 g/mol. The molecule has 1 N–H and O–H groups in total. The molecule has 0 saturated carbocycles. The number of halogens is 2. The van der Waals surface area contributed by atoms with Gasteiger partial charge < -0.3 is 5.11 Å². The third-order valence-corrected chi connectivity index (χ3v) is 2.05. The Hall–Kier alpha value is -1.35. The number of rotatable bonds is 4. The molecular formula is C11H10ClFO2. The molecule has 2 nitrogen and oxygen atoms in total. The van der Waals surface area contributed by atoms with Gasteiger partial charge in [-0.15, -0.1) is 11.6 Å². The first-order valence-electron chi connectivity index (χ1n) is 4.41. The molecule has 0 heterocycles. The Labute approximate surface area is 92.0 Å². The zero-order valence-corrected chi connectivity index (χ0v) is 8.67. The summed E-state index contributed by atoms with van der Waals surface area (Å²) in [7, 11) is 0. The predicted octanol–water partition coefficient (Wildman–Crippen LogP) is 3.17. The van der Waals surface area contributed by atoms with E-state index in [9.17, 15) is 9.18 Å². The lowest BCUT2D eigenvalue weighted by molar-refractivity contribution is 0.0691. The highest BCUT2D eigenvalue weighted by Crippen LogP contribution is 2.15. The molecule has 1 aromatic rings. The van der Waals surface area contributed by atoms with E-state index in [0.29, 0.717) is 17.9 Å². The number of carboxylic acid groups (broad SMARTS) is 1. The average Bonchev–Trinajstić information content (AvgIpc) is 2.17. The second-order valence-corrected chi connectivity index (χ2v) is 3.27. The van der Waals surface area contributed by atoms with Gasteiger partial charge in [0.2, 0.25) is 0 Å². The minimum atomic E-state index is -1.27. The van der Waals surface area contributed by atoms with Crippen LogP contribution < -0.4 is 0 Å². The first kappa shape index (κ1) is 11.7. The molecule has 0 bridgehead atoms. The van der Waals surface area contributed by atoms with Gasteiger partial charge in [-0.3, -0.25) is 0 Å². The Morgan fingerprint density at radius 3 is 2.87 bits per heavy atom. The summed E-state index contributed by atoms with van der Waals surface area (Å²) >= 11 is 5.46. The number of hydrogen-bond donors (Lipinski definition) is 1. The zero-order valence-electron chi connectivity index (χ0n) is 7.91. The van der Waals surface area contributed by atoms with Crippen LogP contribution in [0, 0.1) is 5.82 Å². The molecule has 0 saturated heterocycles. The van der Waals surface area contributed by atoms with Gasteiger partial charge in [0.25, 0.3) is 0 Å². The van der Waals surface area contributed by atoms with Crippen LogP contribution in [-0.2, 0) is 0 Å². The Kier molecular flexibility index (Phi) is 4.31. The molecule has 0 unspecified atom stereocenters. The van der Waals surface area contributed by atoms with Gasteiger partial charge in [-0.2, -0.15) is 0 Å². The monoisotopic (exact) mass is 228 g/mol. The Balaban J connectivity index is 3.06. The maximum absolute atomic E-state index is 13.2. The number of carbonyl (C=O) groups is 1. The standard InChI is InChI=1S/C11H10ClFO2/c12-7-2-1-4-8-5-3-6-9(13)10(8)11(14)15/h1,3-6H,2,7H2,(H,14,15). The molecule has 0 spiro atoms. The fraction of sp³-hybridized carbons (Fsp3) is 0.182. The van der Waals surface area contributed by atoms with Crippen LogP contribution in [0.25, 0.3) is 6.08 Å². The molecule has 0 aliphatic heterocycles. The SMILES string of the molecule is O=C(O)c1c(F)cccc1C=CCCCl. The lowest BCUT2D eigenvalue weighted by Crippen LogP contribution is -2.03. The summed E-state index contributed by atoms with van der Waals surface area (Å²) in [6.45, 7) is 0. The van der Waals surface area contributed by atoms with Crippen molar-refractivity contribution in [3.05, 3.63) is 41.2 Å². The van der Waals surface area contributed by atoms with Gasteiger partial charge in [-0.25, -0.2) is 9.18 Å². The Morgan fingerprint density at radius 2 is 2.27 bits per heavy atom. The normalized spacial score (nSPS) is 10.8. The molecule has 15 heavy (non-hydrogen) atoms. The first-order chi connectivity index (χ1) is 7.16. The van der Waals surface area contributed by atoms with E-state index in [1.807, 2.05) is 0 Å². The van der Waals surface area contributed by atoms with Crippen LogP contribution in [0.5, 0.6) is 0 Å². The summed E-state index contributed by atoms with van der Waals surface area (Å²) in [5.74, 6) is -1.54. The lowest BCUT2D eigenvalue weighted by Gasteiger charge is -2.01. The second-order valence-electron chi connectivity index (χ2n) is 2.89. The van der Waals surface area contributed by atoms with Crippen LogP contribution in [0.3, 0.4) is 0 Å². The van der Waals surface area contributed by atoms with Gasteiger partial charge in [-0.1, -0.05) is 24.3 Å². The lowest BCUT2D eigenvalue weighted by atomic mass is 10.1. The second kappa shape index (κ2) is 5.51. The van der Waals surface area contributed by atoms with Gasteiger partial charge in [0.1, 0.15) is 11.4 Å². The zero-order chi connectivity index (χ0) is 11.3. The number of carboxylic acids is 1. The van der Waals surface area contributed by atoms with Crippen molar-refractivity contribution in [2.24, 2.45) is 0 Å². The van der Waals surface area contributed by atoms with E-state index in [1.54, 1.807) is 18.2 Å². The summed E-state index contributed by atoms with van der Waals surface area (Å²) < 4.78 is 13.2. The number of alkyl halides is 1. The number of hydrogen-bond acceptors (Lipinski definition) is 1. The molecule has 0 aliphatic rings. The summed E-state index contributed by atoms with van der Waals surface area (Å²) in [5.41, 5.74) is 0.0518. The molecule has 0 radical (unpaired) electrons. The summed E-state index contributed by atoms with van der Waals surface area (Å²) in [6.07, 6.45) is 3.90. The van der Waals surface area contributed by atoms with Crippen molar-refractivity contribution in [2.45, 2.75) is 6.42 Å². The van der Waals surface area contributed by atoms with Crippen molar-refractivity contribution in [1.29, 1.82) is 0 Å². The van der Waals surface area contributed by atoms with Crippen LogP contribution in [0.4, 0.5) is 4.39 Å². The topological polar surface area (TPSA) is 37.3 Å².